The Morgan fingerprint density at radius 2 is 1.95 bits per heavy atom. The Kier molecular flexibility index (Phi) is 5.01. The highest BCUT2D eigenvalue weighted by Crippen LogP contribution is 2.36. The molecule has 0 fully saturated rings. The van der Waals surface area contributed by atoms with Crippen molar-refractivity contribution in [2.24, 2.45) is 5.73 Å². The molecule has 0 aliphatic carbocycles. The van der Waals surface area contributed by atoms with Gasteiger partial charge in [-0.2, -0.15) is 0 Å². The van der Waals surface area contributed by atoms with E-state index < -0.39 is 5.91 Å². The number of amides is 1. The SMILES string of the molecule is COc1cc(C=O)cc(Cl)c1OCc1ccc(C(N)=O)cc1. The number of hydrogen-bond acceptors (Lipinski definition) is 4. The van der Waals surface area contributed by atoms with Crippen LogP contribution in [0.4, 0.5) is 0 Å². The van der Waals surface area contributed by atoms with Gasteiger partial charge in [0.05, 0.1) is 12.1 Å². The fourth-order valence-corrected chi connectivity index (χ4v) is 2.14. The molecule has 0 saturated carbocycles. The zero-order valence-electron chi connectivity index (χ0n) is 11.8. The monoisotopic (exact) mass is 319 g/mol. The van der Waals surface area contributed by atoms with Crippen molar-refractivity contribution >= 4 is 23.8 Å². The third kappa shape index (κ3) is 3.56. The number of carbonyl (C=O) groups is 2. The highest BCUT2D eigenvalue weighted by atomic mass is 35.5. The second-order valence-electron chi connectivity index (χ2n) is 4.50. The number of primary amides is 1. The molecule has 2 N–H and O–H groups in total. The number of rotatable bonds is 6. The summed E-state index contributed by atoms with van der Waals surface area (Å²) in [6.45, 7) is 0.232. The van der Waals surface area contributed by atoms with E-state index >= 15 is 0 Å². The van der Waals surface area contributed by atoms with E-state index in [4.69, 9.17) is 26.8 Å². The third-order valence-electron chi connectivity index (χ3n) is 3.01. The Hall–Kier alpha value is -2.53. The number of methoxy groups -OCH3 is 1. The maximum Gasteiger partial charge on any atom is 0.248 e. The molecule has 2 aromatic carbocycles. The van der Waals surface area contributed by atoms with Gasteiger partial charge in [-0.1, -0.05) is 23.7 Å². The van der Waals surface area contributed by atoms with Gasteiger partial charge in [-0.15, -0.1) is 0 Å². The highest BCUT2D eigenvalue weighted by Gasteiger charge is 2.12. The summed E-state index contributed by atoms with van der Waals surface area (Å²) < 4.78 is 10.8. The van der Waals surface area contributed by atoms with E-state index in [1.165, 1.54) is 13.2 Å². The van der Waals surface area contributed by atoms with Crippen molar-refractivity contribution < 1.29 is 19.1 Å². The van der Waals surface area contributed by atoms with Gasteiger partial charge in [-0.3, -0.25) is 9.59 Å². The maximum absolute atomic E-state index is 11.0. The van der Waals surface area contributed by atoms with E-state index in [0.29, 0.717) is 28.9 Å². The van der Waals surface area contributed by atoms with E-state index in [1.807, 2.05) is 0 Å². The summed E-state index contributed by atoms with van der Waals surface area (Å²) in [5, 5.41) is 0.287. The fraction of sp³-hybridized carbons (Fsp3) is 0.125. The molecule has 0 aromatic heterocycles. The lowest BCUT2D eigenvalue weighted by atomic mass is 10.1. The Labute approximate surface area is 132 Å². The molecule has 6 heteroatoms. The summed E-state index contributed by atoms with van der Waals surface area (Å²) in [4.78, 5) is 21.8. The smallest absolute Gasteiger partial charge is 0.248 e. The number of benzene rings is 2. The van der Waals surface area contributed by atoms with Gasteiger partial charge < -0.3 is 15.2 Å². The minimum Gasteiger partial charge on any atom is -0.493 e. The molecule has 114 valence electrons. The fourth-order valence-electron chi connectivity index (χ4n) is 1.87. The van der Waals surface area contributed by atoms with Crippen LogP contribution in [0.1, 0.15) is 26.3 Å². The van der Waals surface area contributed by atoms with Gasteiger partial charge in [0.1, 0.15) is 12.9 Å². The van der Waals surface area contributed by atoms with Crippen LogP contribution in [0.15, 0.2) is 36.4 Å². The summed E-state index contributed by atoms with van der Waals surface area (Å²) in [5.41, 5.74) is 6.85. The Balaban J connectivity index is 2.17. The second kappa shape index (κ2) is 6.95. The van der Waals surface area contributed by atoms with Crippen molar-refractivity contribution in [3.8, 4) is 11.5 Å². The Bertz CT molecular complexity index is 698. The lowest BCUT2D eigenvalue weighted by molar-refractivity contribution is 0.0999. The van der Waals surface area contributed by atoms with Gasteiger partial charge in [0.25, 0.3) is 0 Å². The lowest BCUT2D eigenvalue weighted by Gasteiger charge is -2.13. The molecule has 0 spiro atoms. The maximum atomic E-state index is 11.0. The van der Waals surface area contributed by atoms with Crippen LogP contribution in [0.25, 0.3) is 0 Å². The van der Waals surface area contributed by atoms with Crippen LogP contribution >= 0.6 is 11.6 Å². The molecule has 0 aliphatic heterocycles. The summed E-state index contributed by atoms with van der Waals surface area (Å²) in [6, 6.07) is 9.76. The van der Waals surface area contributed by atoms with E-state index in [9.17, 15) is 9.59 Å². The molecular formula is C16H14ClNO4. The van der Waals surface area contributed by atoms with Crippen LogP contribution in [0, 0.1) is 0 Å². The van der Waals surface area contributed by atoms with Crippen molar-refractivity contribution in [3.05, 3.63) is 58.1 Å². The molecule has 0 bridgehead atoms. The summed E-state index contributed by atoms with van der Waals surface area (Å²) in [5.74, 6) is 0.249. The first-order valence-electron chi connectivity index (χ1n) is 6.39. The molecule has 2 aromatic rings. The topological polar surface area (TPSA) is 78.6 Å². The molecule has 0 unspecified atom stereocenters. The summed E-state index contributed by atoms with van der Waals surface area (Å²) in [6.07, 6.45) is 0.681. The van der Waals surface area contributed by atoms with Gasteiger partial charge in [0.15, 0.2) is 11.5 Å². The van der Waals surface area contributed by atoms with Crippen molar-refractivity contribution in [1.29, 1.82) is 0 Å². The third-order valence-corrected chi connectivity index (χ3v) is 3.29. The van der Waals surface area contributed by atoms with Crippen LogP contribution in [0.2, 0.25) is 5.02 Å². The molecular weight excluding hydrogens is 306 g/mol. The average molecular weight is 320 g/mol. The molecule has 0 radical (unpaired) electrons. The summed E-state index contributed by atoms with van der Waals surface area (Å²) >= 11 is 6.10. The number of aldehydes is 1. The Morgan fingerprint density at radius 1 is 1.27 bits per heavy atom. The Morgan fingerprint density at radius 3 is 2.50 bits per heavy atom. The molecule has 2 rings (SSSR count). The van der Waals surface area contributed by atoms with Crippen molar-refractivity contribution in [2.45, 2.75) is 6.61 Å². The zero-order valence-corrected chi connectivity index (χ0v) is 12.6. The predicted octanol–water partition coefficient (Wildman–Crippen LogP) is 2.84. The van der Waals surface area contributed by atoms with E-state index in [2.05, 4.69) is 0 Å². The van der Waals surface area contributed by atoms with E-state index in [0.717, 1.165) is 5.56 Å². The first-order chi connectivity index (χ1) is 10.5. The van der Waals surface area contributed by atoms with Crippen molar-refractivity contribution in [1.82, 2.24) is 0 Å². The molecule has 0 saturated heterocycles. The molecule has 0 atom stereocenters. The first kappa shape index (κ1) is 15.9. The quantitative estimate of drug-likeness (QED) is 0.830. The van der Waals surface area contributed by atoms with Gasteiger partial charge in [0, 0.05) is 11.1 Å². The standard InChI is InChI=1S/C16H14ClNO4/c1-21-14-7-11(8-19)6-13(17)15(14)22-9-10-2-4-12(5-3-10)16(18)20/h2-8H,9H2,1H3,(H2,18,20). The van der Waals surface area contributed by atoms with Crippen molar-refractivity contribution in [3.63, 3.8) is 0 Å². The zero-order chi connectivity index (χ0) is 16.1. The van der Waals surface area contributed by atoms with Crippen molar-refractivity contribution in [2.75, 3.05) is 7.11 Å². The number of nitrogens with two attached hydrogens (primary N) is 1. The molecule has 0 aliphatic rings. The van der Waals surface area contributed by atoms with Gasteiger partial charge >= 0.3 is 0 Å². The minimum atomic E-state index is -0.485. The van der Waals surface area contributed by atoms with Crippen LogP contribution in [-0.2, 0) is 6.61 Å². The largest absolute Gasteiger partial charge is 0.493 e. The second-order valence-corrected chi connectivity index (χ2v) is 4.91. The van der Waals surface area contributed by atoms with Crippen LogP contribution in [-0.4, -0.2) is 19.3 Å². The van der Waals surface area contributed by atoms with E-state index in [-0.39, 0.29) is 11.6 Å². The molecule has 5 nitrogen and oxygen atoms in total. The van der Waals surface area contributed by atoms with Gasteiger partial charge in [-0.05, 0) is 29.8 Å². The highest BCUT2D eigenvalue weighted by molar-refractivity contribution is 6.32. The normalized spacial score (nSPS) is 10.1. The molecule has 1 amide bonds. The number of carbonyl (C=O) groups excluding carboxylic acids is 2. The molecule has 0 heterocycles. The van der Waals surface area contributed by atoms with Crippen LogP contribution in [0.3, 0.4) is 0 Å². The van der Waals surface area contributed by atoms with E-state index in [1.54, 1.807) is 30.3 Å². The minimum absolute atomic E-state index is 0.232. The van der Waals surface area contributed by atoms with Gasteiger partial charge in [0.2, 0.25) is 5.91 Å². The number of hydrogen-bond donors (Lipinski definition) is 1. The number of halogens is 1. The average Bonchev–Trinajstić information content (AvgIpc) is 2.53. The van der Waals surface area contributed by atoms with Crippen LogP contribution in [0.5, 0.6) is 11.5 Å². The number of ether oxygens (including phenoxy) is 2. The first-order valence-corrected chi connectivity index (χ1v) is 6.77. The van der Waals surface area contributed by atoms with Crippen LogP contribution < -0.4 is 15.2 Å². The van der Waals surface area contributed by atoms with Gasteiger partial charge in [-0.25, -0.2) is 0 Å². The summed E-state index contributed by atoms with van der Waals surface area (Å²) in [7, 11) is 1.47. The molecule has 22 heavy (non-hydrogen) atoms. The lowest BCUT2D eigenvalue weighted by Crippen LogP contribution is -2.10. The predicted molar refractivity (Wildman–Crippen MR) is 82.7 cm³/mol.